The lowest BCUT2D eigenvalue weighted by Crippen LogP contribution is -2.45. The van der Waals surface area contributed by atoms with Crippen molar-refractivity contribution in [3.8, 4) is 0 Å². The van der Waals surface area contributed by atoms with Gasteiger partial charge in [-0.3, -0.25) is 14.7 Å². The van der Waals surface area contributed by atoms with Gasteiger partial charge in [-0.2, -0.15) is 0 Å². The topological polar surface area (TPSA) is 112 Å². The quantitative estimate of drug-likeness (QED) is 0.222. The van der Waals surface area contributed by atoms with Gasteiger partial charge in [-0.15, -0.1) is 24.0 Å². The Morgan fingerprint density at radius 2 is 2.00 bits per heavy atom. The van der Waals surface area contributed by atoms with Crippen LogP contribution in [-0.4, -0.2) is 94.7 Å². The summed E-state index contributed by atoms with van der Waals surface area (Å²) in [6.07, 6.45) is 0.783. The van der Waals surface area contributed by atoms with Crippen molar-refractivity contribution in [2.24, 2.45) is 4.99 Å². The molecule has 0 aromatic heterocycles. The van der Waals surface area contributed by atoms with Crippen molar-refractivity contribution in [2.45, 2.75) is 38.8 Å². The van der Waals surface area contributed by atoms with Gasteiger partial charge in [0, 0.05) is 44.7 Å². The van der Waals surface area contributed by atoms with Gasteiger partial charge in [-0.25, -0.2) is 8.42 Å². The molecular weight excluding hydrogens is 497 g/mol. The average molecular weight is 531 g/mol. The fraction of sp³-hybridized carbons (Fsp3) is 0.882. The summed E-state index contributed by atoms with van der Waals surface area (Å²) in [7, 11) is -2.98. The highest BCUT2D eigenvalue weighted by Gasteiger charge is 2.28. The SMILES string of the molecule is CCNC(=NCC(C)N1CCOCC1)NCCC(=O)NC1CCS(=O)(=O)C1.I. The van der Waals surface area contributed by atoms with Crippen LogP contribution in [0.5, 0.6) is 0 Å². The minimum Gasteiger partial charge on any atom is -0.379 e. The number of guanidine groups is 1. The van der Waals surface area contributed by atoms with E-state index in [0.29, 0.717) is 31.5 Å². The number of ether oxygens (including phenoxy) is 1. The van der Waals surface area contributed by atoms with Crippen molar-refractivity contribution < 1.29 is 17.9 Å². The van der Waals surface area contributed by atoms with Gasteiger partial charge >= 0.3 is 0 Å². The molecule has 0 saturated carbocycles. The zero-order valence-electron chi connectivity index (χ0n) is 16.8. The number of aliphatic imine (C=N–C) groups is 1. The Morgan fingerprint density at radius 1 is 1.29 bits per heavy atom. The number of nitrogens with zero attached hydrogens (tertiary/aromatic N) is 2. The number of carbonyl (C=O) groups is 1. The van der Waals surface area contributed by atoms with E-state index in [0.717, 1.165) is 32.8 Å². The lowest BCUT2D eigenvalue weighted by Gasteiger charge is -2.31. The van der Waals surface area contributed by atoms with Gasteiger partial charge in [-0.05, 0) is 20.3 Å². The third-order valence-electron chi connectivity index (χ3n) is 4.77. The van der Waals surface area contributed by atoms with Gasteiger partial charge in [-0.1, -0.05) is 0 Å². The fourth-order valence-corrected chi connectivity index (χ4v) is 4.88. The van der Waals surface area contributed by atoms with Crippen LogP contribution in [0.15, 0.2) is 4.99 Å². The lowest BCUT2D eigenvalue weighted by molar-refractivity contribution is -0.121. The number of nitrogens with one attached hydrogen (secondary N) is 3. The Bertz CT molecular complexity index is 611. The van der Waals surface area contributed by atoms with Gasteiger partial charge in [0.2, 0.25) is 5.91 Å². The smallest absolute Gasteiger partial charge is 0.222 e. The first-order valence-corrected chi connectivity index (χ1v) is 11.6. The van der Waals surface area contributed by atoms with E-state index < -0.39 is 9.84 Å². The molecule has 2 atom stereocenters. The lowest BCUT2D eigenvalue weighted by atomic mass is 10.2. The van der Waals surface area contributed by atoms with Gasteiger partial charge in [0.05, 0.1) is 31.3 Å². The molecule has 3 N–H and O–H groups in total. The van der Waals surface area contributed by atoms with Crippen LogP contribution in [0, 0.1) is 0 Å². The Kier molecular flexibility index (Phi) is 11.6. The maximum atomic E-state index is 12.0. The number of sulfone groups is 1. The molecule has 2 aliphatic heterocycles. The maximum absolute atomic E-state index is 12.0. The minimum absolute atomic E-state index is 0. The molecule has 2 heterocycles. The van der Waals surface area contributed by atoms with Crippen LogP contribution in [-0.2, 0) is 19.4 Å². The normalized spacial score (nSPS) is 23.5. The third kappa shape index (κ3) is 9.23. The zero-order valence-corrected chi connectivity index (χ0v) is 19.9. The summed E-state index contributed by atoms with van der Waals surface area (Å²) < 4.78 is 28.3. The summed E-state index contributed by atoms with van der Waals surface area (Å²) in [4.78, 5) is 19.0. The molecule has 0 aliphatic carbocycles. The number of halogens is 1. The predicted molar refractivity (Wildman–Crippen MR) is 121 cm³/mol. The number of amides is 1. The summed E-state index contributed by atoms with van der Waals surface area (Å²) >= 11 is 0. The molecule has 0 aromatic carbocycles. The second-order valence-electron chi connectivity index (χ2n) is 7.06. The van der Waals surface area contributed by atoms with Crippen LogP contribution in [0.4, 0.5) is 0 Å². The number of carbonyl (C=O) groups excluding carboxylic acids is 1. The zero-order chi connectivity index (χ0) is 19.7. The molecular formula is C17H34IN5O4S. The highest BCUT2D eigenvalue weighted by molar-refractivity contribution is 14.0. The van der Waals surface area contributed by atoms with Gasteiger partial charge in [0.15, 0.2) is 15.8 Å². The number of morpholine rings is 1. The third-order valence-corrected chi connectivity index (χ3v) is 6.54. The van der Waals surface area contributed by atoms with Crippen LogP contribution in [0.3, 0.4) is 0 Å². The molecule has 2 fully saturated rings. The summed E-state index contributed by atoms with van der Waals surface area (Å²) in [5.74, 6) is 0.765. The Hall–Kier alpha value is -0.660. The van der Waals surface area contributed by atoms with E-state index in [1.807, 2.05) is 6.92 Å². The van der Waals surface area contributed by atoms with Crippen LogP contribution in [0.2, 0.25) is 0 Å². The van der Waals surface area contributed by atoms with E-state index in [-0.39, 0.29) is 53.9 Å². The summed E-state index contributed by atoms with van der Waals surface area (Å²) in [6.45, 7) is 9.40. The molecule has 2 saturated heterocycles. The number of hydrogen-bond donors (Lipinski definition) is 3. The number of rotatable bonds is 8. The van der Waals surface area contributed by atoms with E-state index in [1.54, 1.807) is 0 Å². The molecule has 2 unspecified atom stereocenters. The monoisotopic (exact) mass is 531 g/mol. The standard InChI is InChI=1S/C17H33N5O4S.HI/c1-3-18-17(20-12-14(2)22-7-9-26-10-8-22)19-6-4-16(23)21-15-5-11-27(24,25)13-15;/h14-15H,3-13H2,1-2H3,(H,21,23)(H2,18,19,20);1H. The molecule has 164 valence electrons. The van der Waals surface area contributed by atoms with Crippen molar-refractivity contribution >= 4 is 45.7 Å². The predicted octanol–water partition coefficient (Wildman–Crippen LogP) is -0.426. The summed E-state index contributed by atoms with van der Waals surface area (Å²) in [5.41, 5.74) is 0. The molecule has 2 aliphatic rings. The maximum Gasteiger partial charge on any atom is 0.222 e. The van der Waals surface area contributed by atoms with E-state index in [2.05, 4.69) is 32.8 Å². The Morgan fingerprint density at radius 3 is 2.61 bits per heavy atom. The van der Waals surface area contributed by atoms with Crippen molar-refractivity contribution in [3.05, 3.63) is 0 Å². The fourth-order valence-electron chi connectivity index (χ4n) is 3.20. The molecule has 28 heavy (non-hydrogen) atoms. The molecule has 1 amide bonds. The van der Waals surface area contributed by atoms with Gasteiger partial charge in [0.1, 0.15) is 0 Å². The molecule has 0 aromatic rings. The first-order valence-electron chi connectivity index (χ1n) is 9.73. The minimum atomic E-state index is -2.98. The van der Waals surface area contributed by atoms with Crippen molar-refractivity contribution in [1.82, 2.24) is 20.9 Å². The first kappa shape index (κ1) is 25.4. The van der Waals surface area contributed by atoms with E-state index >= 15 is 0 Å². The molecule has 0 spiro atoms. The van der Waals surface area contributed by atoms with E-state index in [9.17, 15) is 13.2 Å². The van der Waals surface area contributed by atoms with Gasteiger partial charge in [0.25, 0.3) is 0 Å². The molecule has 0 radical (unpaired) electrons. The summed E-state index contributed by atoms with van der Waals surface area (Å²) in [5, 5.41) is 9.15. The average Bonchev–Trinajstić information content (AvgIpc) is 2.98. The second-order valence-corrected chi connectivity index (χ2v) is 9.29. The van der Waals surface area contributed by atoms with Crippen LogP contribution in [0.1, 0.15) is 26.7 Å². The van der Waals surface area contributed by atoms with Crippen molar-refractivity contribution in [1.29, 1.82) is 0 Å². The van der Waals surface area contributed by atoms with Crippen molar-refractivity contribution in [2.75, 3.05) is 57.4 Å². The Balaban J connectivity index is 0.00000392. The Labute approximate surface area is 185 Å². The van der Waals surface area contributed by atoms with E-state index in [4.69, 9.17) is 4.74 Å². The van der Waals surface area contributed by atoms with Gasteiger partial charge < -0.3 is 20.7 Å². The molecule has 2 rings (SSSR count). The highest BCUT2D eigenvalue weighted by Crippen LogP contribution is 2.11. The molecule has 9 nitrogen and oxygen atoms in total. The number of hydrogen-bond acceptors (Lipinski definition) is 6. The second kappa shape index (κ2) is 12.8. The van der Waals surface area contributed by atoms with Crippen LogP contribution < -0.4 is 16.0 Å². The van der Waals surface area contributed by atoms with Crippen molar-refractivity contribution in [3.63, 3.8) is 0 Å². The summed E-state index contributed by atoms with van der Waals surface area (Å²) in [6, 6.07) is 0.0794. The largest absolute Gasteiger partial charge is 0.379 e. The first-order chi connectivity index (χ1) is 12.9. The van der Waals surface area contributed by atoms with E-state index in [1.165, 1.54) is 0 Å². The van der Waals surface area contributed by atoms with Crippen LogP contribution >= 0.6 is 24.0 Å². The van der Waals surface area contributed by atoms with Crippen LogP contribution in [0.25, 0.3) is 0 Å². The highest BCUT2D eigenvalue weighted by atomic mass is 127. The molecule has 11 heteroatoms. The molecule has 0 bridgehead atoms.